The van der Waals surface area contributed by atoms with Crippen LogP contribution in [0.3, 0.4) is 0 Å². The maximum atomic E-state index is 12.6. The van der Waals surface area contributed by atoms with E-state index in [0.717, 1.165) is 47.2 Å². The van der Waals surface area contributed by atoms with Crippen LogP contribution in [0.25, 0.3) is 11.0 Å². The number of carboxylic acid groups (broad SMARTS) is 1. The summed E-state index contributed by atoms with van der Waals surface area (Å²) in [6.45, 7) is 4.57. The number of halogens is 1. The molecule has 31 heavy (non-hydrogen) atoms. The van der Waals surface area contributed by atoms with Crippen LogP contribution in [-0.2, 0) is 34.9 Å². The number of carbonyl (C=O) groups is 1. The molecular weight excluding hydrogens is 438 g/mol. The molecule has 1 heterocycles. The highest BCUT2D eigenvalue weighted by Gasteiger charge is 2.16. The van der Waals surface area contributed by atoms with Crippen LogP contribution in [0.1, 0.15) is 43.5 Å². The lowest BCUT2D eigenvalue weighted by atomic mass is 10.0. The first-order chi connectivity index (χ1) is 14.9. The number of ether oxygens (including phenoxy) is 1. The van der Waals surface area contributed by atoms with Gasteiger partial charge in [-0.05, 0) is 49.1 Å². The molecule has 0 saturated carbocycles. The van der Waals surface area contributed by atoms with E-state index in [2.05, 4.69) is 12.1 Å². The lowest BCUT2D eigenvalue weighted by Gasteiger charge is -2.12. The second kappa shape index (κ2) is 10.8. The molecule has 0 aliphatic heterocycles. The molecule has 0 spiro atoms. The van der Waals surface area contributed by atoms with Crippen molar-refractivity contribution in [1.29, 1.82) is 0 Å². The molecule has 1 atom stereocenters. The van der Waals surface area contributed by atoms with Crippen molar-refractivity contribution in [3.05, 3.63) is 52.2 Å². The van der Waals surface area contributed by atoms with Gasteiger partial charge in [-0.25, -0.2) is 0 Å². The van der Waals surface area contributed by atoms with Gasteiger partial charge in [0.2, 0.25) is 0 Å². The van der Waals surface area contributed by atoms with Crippen LogP contribution in [0.15, 0.2) is 39.8 Å². The van der Waals surface area contributed by atoms with E-state index in [1.165, 1.54) is 0 Å². The highest BCUT2D eigenvalue weighted by molar-refractivity contribution is 7.85. The lowest BCUT2D eigenvalue weighted by Crippen LogP contribution is -2.07. The fourth-order valence-electron chi connectivity index (χ4n) is 3.46. The summed E-state index contributed by atoms with van der Waals surface area (Å²) in [7, 11) is -1.29. The number of hydrogen-bond acceptors (Lipinski definition) is 5. The molecule has 1 N–H and O–H groups in total. The summed E-state index contributed by atoms with van der Waals surface area (Å²) < 4.78 is 24.2. The Labute approximate surface area is 189 Å². The number of nitrogens with zero attached hydrogens (tertiary/aromatic N) is 1. The topological polar surface area (TPSA) is 89.6 Å². The standard InChI is InChI=1S/C23H26ClNO5S/c1-3-6-17-20(9-8-16-19(4-2)25-30-23(16)17)29-11-5-12-31(28)21-10-7-15(13-18(21)24)14-22(26)27/h7-10,13H,3-6,11-12,14H2,1-2H3,(H,26,27). The zero-order valence-electron chi connectivity index (χ0n) is 17.7. The molecule has 0 aliphatic rings. The Morgan fingerprint density at radius 1 is 1.26 bits per heavy atom. The third-order valence-corrected chi connectivity index (χ3v) is 6.87. The molecule has 2 aromatic carbocycles. The van der Waals surface area contributed by atoms with Gasteiger partial charge in [-0.1, -0.05) is 43.1 Å². The van der Waals surface area contributed by atoms with Crippen molar-refractivity contribution < 1.29 is 23.4 Å². The van der Waals surface area contributed by atoms with E-state index in [0.29, 0.717) is 34.3 Å². The minimum atomic E-state index is -1.29. The first-order valence-corrected chi connectivity index (χ1v) is 12.1. The maximum Gasteiger partial charge on any atom is 0.307 e. The van der Waals surface area contributed by atoms with Crippen molar-refractivity contribution in [1.82, 2.24) is 5.16 Å². The van der Waals surface area contributed by atoms with E-state index >= 15 is 0 Å². The fraction of sp³-hybridized carbons (Fsp3) is 0.391. The molecular formula is C23H26ClNO5S. The molecule has 0 amide bonds. The summed E-state index contributed by atoms with van der Waals surface area (Å²) in [5.74, 6) is 0.236. The summed E-state index contributed by atoms with van der Waals surface area (Å²) in [6, 6.07) is 8.79. The van der Waals surface area contributed by atoms with Crippen molar-refractivity contribution >= 4 is 39.3 Å². The summed E-state index contributed by atoms with van der Waals surface area (Å²) in [4.78, 5) is 11.3. The Morgan fingerprint density at radius 3 is 2.74 bits per heavy atom. The monoisotopic (exact) mass is 463 g/mol. The van der Waals surface area contributed by atoms with Crippen molar-refractivity contribution in [2.45, 2.75) is 50.8 Å². The van der Waals surface area contributed by atoms with Crippen molar-refractivity contribution in [3.63, 3.8) is 0 Å². The highest BCUT2D eigenvalue weighted by atomic mass is 35.5. The van der Waals surface area contributed by atoms with Gasteiger partial charge in [0.1, 0.15) is 5.75 Å². The molecule has 166 valence electrons. The van der Waals surface area contributed by atoms with Crippen molar-refractivity contribution in [2.75, 3.05) is 12.4 Å². The zero-order valence-corrected chi connectivity index (χ0v) is 19.2. The number of fused-ring (bicyclic) bond motifs is 1. The number of rotatable bonds is 11. The number of hydrogen-bond donors (Lipinski definition) is 1. The summed E-state index contributed by atoms with van der Waals surface area (Å²) in [5.41, 5.74) is 3.33. The van der Waals surface area contributed by atoms with E-state index in [1.54, 1.807) is 18.2 Å². The van der Waals surface area contributed by atoms with Crippen LogP contribution in [0, 0.1) is 0 Å². The van der Waals surface area contributed by atoms with Crippen LogP contribution >= 0.6 is 11.6 Å². The van der Waals surface area contributed by atoms with Crippen molar-refractivity contribution in [3.8, 4) is 5.75 Å². The Balaban J connectivity index is 1.61. The van der Waals surface area contributed by atoms with Crippen molar-refractivity contribution in [2.24, 2.45) is 0 Å². The Morgan fingerprint density at radius 2 is 2.06 bits per heavy atom. The Kier molecular flexibility index (Phi) is 8.09. The third-order valence-electron chi connectivity index (χ3n) is 4.94. The van der Waals surface area contributed by atoms with Gasteiger partial charge in [-0.15, -0.1) is 0 Å². The highest BCUT2D eigenvalue weighted by Crippen LogP contribution is 2.31. The summed E-state index contributed by atoms with van der Waals surface area (Å²) >= 11 is 6.21. The number of aryl methyl sites for hydroxylation is 2. The average molecular weight is 464 g/mol. The van der Waals surface area contributed by atoms with Gasteiger partial charge in [0.25, 0.3) is 0 Å². The van der Waals surface area contributed by atoms with E-state index in [4.69, 9.17) is 26.0 Å². The molecule has 1 aromatic heterocycles. The molecule has 0 saturated heterocycles. The van der Waals surface area contributed by atoms with E-state index in [9.17, 15) is 9.00 Å². The molecule has 3 rings (SSSR count). The minimum Gasteiger partial charge on any atom is -0.493 e. The Hall–Kier alpha value is -2.38. The van der Waals surface area contributed by atoms with Gasteiger partial charge < -0.3 is 14.4 Å². The molecule has 8 heteroatoms. The van der Waals surface area contributed by atoms with Gasteiger partial charge in [0, 0.05) is 16.7 Å². The number of aromatic nitrogens is 1. The number of aliphatic carboxylic acids is 1. The molecule has 3 aromatic rings. The molecule has 0 aliphatic carbocycles. The molecule has 6 nitrogen and oxygen atoms in total. The van der Waals surface area contributed by atoms with E-state index in [1.807, 2.05) is 19.1 Å². The first-order valence-electron chi connectivity index (χ1n) is 10.4. The predicted octanol–water partition coefficient (Wildman–Crippen LogP) is 5.20. The van der Waals surface area contributed by atoms with Gasteiger partial charge in [-0.3, -0.25) is 9.00 Å². The SMILES string of the molecule is CCCc1c(OCCCS(=O)c2ccc(CC(=O)O)cc2Cl)ccc2c(CC)noc12. The van der Waals surface area contributed by atoms with Gasteiger partial charge in [-0.2, -0.15) is 0 Å². The Bertz CT molecular complexity index is 1100. The van der Waals surface area contributed by atoms with Gasteiger partial charge in [0.05, 0.1) is 39.4 Å². The molecule has 0 fully saturated rings. The average Bonchev–Trinajstić information content (AvgIpc) is 3.15. The van der Waals surface area contributed by atoms with E-state index < -0.39 is 16.8 Å². The van der Waals surface area contributed by atoms with Crippen LogP contribution in [0.2, 0.25) is 5.02 Å². The second-order valence-electron chi connectivity index (χ2n) is 7.24. The van der Waals surface area contributed by atoms with Crippen LogP contribution in [0.5, 0.6) is 5.75 Å². The van der Waals surface area contributed by atoms with Crippen LogP contribution < -0.4 is 4.74 Å². The van der Waals surface area contributed by atoms with E-state index in [-0.39, 0.29) is 6.42 Å². The zero-order chi connectivity index (χ0) is 22.4. The lowest BCUT2D eigenvalue weighted by molar-refractivity contribution is -0.136. The quantitative estimate of drug-likeness (QED) is 0.393. The second-order valence-corrected chi connectivity index (χ2v) is 9.19. The molecule has 1 unspecified atom stereocenters. The normalized spacial score (nSPS) is 12.2. The summed E-state index contributed by atoms with van der Waals surface area (Å²) in [5, 5.41) is 14.4. The largest absolute Gasteiger partial charge is 0.493 e. The molecule has 0 radical (unpaired) electrons. The smallest absolute Gasteiger partial charge is 0.307 e. The first kappa shape index (κ1) is 23.3. The van der Waals surface area contributed by atoms with Crippen LogP contribution in [0.4, 0.5) is 0 Å². The minimum absolute atomic E-state index is 0.115. The fourth-order valence-corrected chi connectivity index (χ4v) is 5.02. The maximum absolute atomic E-state index is 12.6. The molecule has 0 bridgehead atoms. The number of carboxylic acids is 1. The number of benzene rings is 2. The third kappa shape index (κ3) is 5.66. The van der Waals surface area contributed by atoms with Crippen LogP contribution in [-0.4, -0.2) is 32.8 Å². The van der Waals surface area contributed by atoms with Gasteiger partial charge in [0.15, 0.2) is 5.58 Å². The predicted molar refractivity (Wildman–Crippen MR) is 122 cm³/mol. The van der Waals surface area contributed by atoms with Gasteiger partial charge >= 0.3 is 5.97 Å². The summed E-state index contributed by atoms with van der Waals surface area (Å²) in [6.07, 6.45) is 3.06.